The monoisotopic (exact) mass is 296 g/mol. The number of amides is 1. The Kier molecular flexibility index (Phi) is 4.94. The number of carbonyl (C=O) groups is 1. The zero-order valence-electron chi connectivity index (χ0n) is 13.7. The minimum absolute atomic E-state index is 0.0660. The summed E-state index contributed by atoms with van der Waals surface area (Å²) in [6.07, 6.45) is 3.10. The average molecular weight is 296 g/mol. The van der Waals surface area contributed by atoms with Crippen molar-refractivity contribution in [3.8, 4) is 0 Å². The Morgan fingerprint density at radius 1 is 1.52 bits per heavy atom. The molecule has 2 rings (SSSR count). The number of fused-ring (bicyclic) bond motifs is 1. The fourth-order valence-corrected chi connectivity index (χ4v) is 3.37. The number of hydrogen-bond acceptors (Lipinski definition) is 4. The largest absolute Gasteiger partial charge is 0.448 e. The molecule has 0 bridgehead atoms. The van der Waals surface area contributed by atoms with Gasteiger partial charge in [0.25, 0.3) is 0 Å². The lowest BCUT2D eigenvalue weighted by Gasteiger charge is -2.35. The van der Waals surface area contributed by atoms with Gasteiger partial charge in [-0.3, -0.25) is 4.90 Å². The van der Waals surface area contributed by atoms with Crippen LogP contribution in [0.4, 0.5) is 4.79 Å². The molecule has 0 aromatic rings. The van der Waals surface area contributed by atoms with Gasteiger partial charge in [-0.15, -0.1) is 0 Å². The third-order valence-electron chi connectivity index (χ3n) is 4.42. The molecule has 0 radical (unpaired) electrons. The Balaban J connectivity index is 1.97. The minimum atomic E-state index is -0.274. The first-order valence-electron chi connectivity index (χ1n) is 7.73. The highest BCUT2D eigenvalue weighted by molar-refractivity contribution is 5.66. The molecule has 2 saturated heterocycles. The summed E-state index contributed by atoms with van der Waals surface area (Å²) < 4.78 is 11.3. The summed E-state index contributed by atoms with van der Waals surface area (Å²) in [5, 5.41) is 0. The van der Waals surface area contributed by atoms with E-state index in [0.717, 1.165) is 32.4 Å². The van der Waals surface area contributed by atoms with Crippen LogP contribution in [0.25, 0.3) is 0 Å². The topological polar surface area (TPSA) is 42.0 Å². The maximum atomic E-state index is 11.6. The first-order chi connectivity index (χ1) is 9.84. The second-order valence-corrected chi connectivity index (χ2v) is 6.80. The summed E-state index contributed by atoms with van der Waals surface area (Å²) in [6.45, 7) is 10.4. The fourth-order valence-electron chi connectivity index (χ4n) is 3.37. The number of ether oxygens (including phenoxy) is 2. The van der Waals surface area contributed by atoms with Crippen LogP contribution in [0.5, 0.6) is 0 Å². The summed E-state index contributed by atoms with van der Waals surface area (Å²) in [6, 6.07) is 0.281. The van der Waals surface area contributed by atoms with E-state index >= 15 is 0 Å². The quantitative estimate of drug-likeness (QED) is 0.730. The van der Waals surface area contributed by atoms with Gasteiger partial charge in [-0.25, -0.2) is 4.79 Å². The number of nitrogens with zero attached hydrogens (tertiary/aromatic N) is 2. The van der Waals surface area contributed by atoms with E-state index in [1.54, 1.807) is 14.1 Å². The summed E-state index contributed by atoms with van der Waals surface area (Å²) in [4.78, 5) is 15.5. The SMILES string of the molecule is C=C1CN2C(COC(=O)N(C)C)CCC2(COC(C)C)C1. The molecule has 2 unspecified atom stereocenters. The fraction of sp³-hybridized carbons (Fsp3) is 0.812. The highest BCUT2D eigenvalue weighted by atomic mass is 16.6. The standard InChI is InChI=1S/C16H28N2O3/c1-12(2)21-11-16-7-6-14(10-20-15(19)17(4)5)18(16)9-13(3)8-16/h12,14H,3,6-11H2,1-2,4-5H3. The smallest absolute Gasteiger partial charge is 0.409 e. The number of rotatable bonds is 5. The van der Waals surface area contributed by atoms with Crippen LogP contribution < -0.4 is 0 Å². The van der Waals surface area contributed by atoms with Gasteiger partial charge in [-0.1, -0.05) is 12.2 Å². The van der Waals surface area contributed by atoms with Gasteiger partial charge >= 0.3 is 6.09 Å². The van der Waals surface area contributed by atoms with Crippen LogP contribution >= 0.6 is 0 Å². The lowest BCUT2D eigenvalue weighted by atomic mass is 9.94. The van der Waals surface area contributed by atoms with Gasteiger partial charge in [-0.05, 0) is 33.1 Å². The minimum Gasteiger partial charge on any atom is -0.448 e. The van der Waals surface area contributed by atoms with Crippen LogP contribution in [0.1, 0.15) is 33.1 Å². The Morgan fingerprint density at radius 2 is 2.24 bits per heavy atom. The maximum absolute atomic E-state index is 11.6. The molecule has 0 aromatic carbocycles. The summed E-state index contributed by atoms with van der Waals surface area (Å²) >= 11 is 0. The molecule has 5 nitrogen and oxygen atoms in total. The molecular weight excluding hydrogens is 268 g/mol. The molecule has 0 saturated carbocycles. The van der Waals surface area contributed by atoms with Crippen molar-refractivity contribution in [3.05, 3.63) is 12.2 Å². The van der Waals surface area contributed by atoms with E-state index in [4.69, 9.17) is 9.47 Å². The van der Waals surface area contributed by atoms with Gasteiger partial charge in [0.05, 0.1) is 12.7 Å². The Hall–Kier alpha value is -1.07. The first-order valence-corrected chi connectivity index (χ1v) is 7.73. The predicted molar refractivity (Wildman–Crippen MR) is 82.3 cm³/mol. The molecule has 0 aliphatic carbocycles. The van der Waals surface area contributed by atoms with E-state index < -0.39 is 0 Å². The lowest BCUT2D eigenvalue weighted by Crippen LogP contribution is -2.47. The van der Waals surface area contributed by atoms with E-state index in [0.29, 0.717) is 6.61 Å². The average Bonchev–Trinajstić information content (AvgIpc) is 2.88. The molecule has 21 heavy (non-hydrogen) atoms. The van der Waals surface area contributed by atoms with Crippen molar-refractivity contribution in [1.29, 1.82) is 0 Å². The van der Waals surface area contributed by atoms with Crippen molar-refractivity contribution < 1.29 is 14.3 Å². The third-order valence-corrected chi connectivity index (χ3v) is 4.42. The Labute approximate surface area is 127 Å². The van der Waals surface area contributed by atoms with Gasteiger partial charge in [0.2, 0.25) is 0 Å². The summed E-state index contributed by atoms with van der Waals surface area (Å²) in [7, 11) is 3.41. The number of carbonyl (C=O) groups excluding carboxylic acids is 1. The summed E-state index contributed by atoms with van der Waals surface area (Å²) in [5.41, 5.74) is 1.32. The van der Waals surface area contributed by atoms with Crippen molar-refractivity contribution in [3.63, 3.8) is 0 Å². The van der Waals surface area contributed by atoms with Crippen LogP contribution in [0.2, 0.25) is 0 Å². The highest BCUT2D eigenvalue weighted by Gasteiger charge is 2.50. The lowest BCUT2D eigenvalue weighted by molar-refractivity contribution is -0.0121. The van der Waals surface area contributed by atoms with Gasteiger partial charge in [0.1, 0.15) is 6.61 Å². The Morgan fingerprint density at radius 3 is 2.86 bits per heavy atom. The van der Waals surface area contributed by atoms with E-state index in [9.17, 15) is 4.79 Å². The van der Waals surface area contributed by atoms with Gasteiger partial charge < -0.3 is 14.4 Å². The van der Waals surface area contributed by atoms with Gasteiger partial charge in [0.15, 0.2) is 0 Å². The molecule has 2 fully saturated rings. The van der Waals surface area contributed by atoms with Crippen LogP contribution in [0, 0.1) is 0 Å². The maximum Gasteiger partial charge on any atom is 0.409 e. The van der Waals surface area contributed by atoms with Crippen molar-refractivity contribution in [1.82, 2.24) is 9.80 Å². The normalized spacial score (nSPS) is 29.0. The van der Waals surface area contributed by atoms with Crippen molar-refractivity contribution >= 4 is 6.09 Å². The molecular formula is C16H28N2O3. The predicted octanol–water partition coefficient (Wildman–Crippen LogP) is 2.27. The molecule has 0 N–H and O–H groups in total. The van der Waals surface area contributed by atoms with E-state index in [2.05, 4.69) is 25.3 Å². The highest BCUT2D eigenvalue weighted by Crippen LogP contribution is 2.44. The van der Waals surface area contributed by atoms with Crippen molar-refractivity contribution in [2.75, 3.05) is 33.9 Å². The zero-order chi connectivity index (χ0) is 15.6. The third kappa shape index (κ3) is 3.58. The van der Waals surface area contributed by atoms with Crippen LogP contribution in [-0.2, 0) is 9.47 Å². The van der Waals surface area contributed by atoms with Gasteiger partial charge in [-0.2, -0.15) is 0 Å². The second-order valence-electron chi connectivity index (χ2n) is 6.80. The van der Waals surface area contributed by atoms with E-state index in [1.807, 2.05) is 0 Å². The van der Waals surface area contributed by atoms with E-state index in [-0.39, 0.29) is 23.8 Å². The molecule has 2 aliphatic rings. The number of hydrogen-bond donors (Lipinski definition) is 0. The van der Waals surface area contributed by atoms with E-state index in [1.165, 1.54) is 10.5 Å². The van der Waals surface area contributed by atoms with Crippen LogP contribution in [0.15, 0.2) is 12.2 Å². The molecule has 2 aliphatic heterocycles. The molecule has 0 spiro atoms. The molecule has 1 amide bonds. The molecule has 0 aromatic heterocycles. The van der Waals surface area contributed by atoms with Crippen molar-refractivity contribution in [2.24, 2.45) is 0 Å². The van der Waals surface area contributed by atoms with Gasteiger partial charge in [0, 0.05) is 32.2 Å². The first kappa shape index (κ1) is 16.3. The molecule has 2 atom stereocenters. The zero-order valence-corrected chi connectivity index (χ0v) is 13.7. The Bertz CT molecular complexity index is 408. The van der Waals surface area contributed by atoms with Crippen molar-refractivity contribution in [2.45, 2.75) is 50.8 Å². The molecule has 120 valence electrons. The van der Waals surface area contributed by atoms with Crippen LogP contribution in [-0.4, -0.2) is 67.4 Å². The summed E-state index contributed by atoms with van der Waals surface area (Å²) in [5.74, 6) is 0. The molecule has 5 heteroatoms. The second kappa shape index (κ2) is 6.36. The molecule has 2 heterocycles. The van der Waals surface area contributed by atoms with Crippen LogP contribution in [0.3, 0.4) is 0 Å².